The van der Waals surface area contributed by atoms with E-state index in [1.165, 1.54) is 25.7 Å². The minimum atomic E-state index is 0.00180. The summed E-state index contributed by atoms with van der Waals surface area (Å²) in [5.74, 6) is 4.04. The molecule has 16 heavy (non-hydrogen) atoms. The third kappa shape index (κ3) is 1.57. The maximum Gasteiger partial charge on any atom is 0.230 e. The van der Waals surface area contributed by atoms with Gasteiger partial charge in [-0.05, 0) is 24.7 Å². The molecule has 1 aromatic rings. The highest BCUT2D eigenvalue weighted by Gasteiger charge is 2.54. The highest BCUT2D eigenvalue weighted by Crippen LogP contribution is 2.60. The quantitative estimate of drug-likeness (QED) is 0.729. The van der Waals surface area contributed by atoms with Crippen LogP contribution in [-0.2, 0) is 5.41 Å². The zero-order valence-corrected chi connectivity index (χ0v) is 10.4. The van der Waals surface area contributed by atoms with E-state index in [2.05, 4.69) is 30.9 Å². The van der Waals surface area contributed by atoms with E-state index in [9.17, 15) is 0 Å². The highest BCUT2D eigenvalue weighted by atomic mass is 16.5. The summed E-state index contributed by atoms with van der Waals surface area (Å²) in [7, 11) is 0. The first-order valence-electron chi connectivity index (χ1n) is 6.41. The summed E-state index contributed by atoms with van der Waals surface area (Å²) in [6.45, 7) is 6.38. The molecule has 0 aliphatic heterocycles. The van der Waals surface area contributed by atoms with Gasteiger partial charge in [0.25, 0.3) is 0 Å². The Morgan fingerprint density at radius 2 is 1.75 bits per heavy atom. The molecule has 0 radical (unpaired) electrons. The van der Waals surface area contributed by atoms with E-state index < -0.39 is 0 Å². The van der Waals surface area contributed by atoms with Crippen molar-refractivity contribution in [3.05, 3.63) is 11.7 Å². The molecule has 3 atom stereocenters. The highest BCUT2D eigenvalue weighted by molar-refractivity contribution is 5.15. The molecule has 1 heterocycles. The molecule has 1 aromatic heterocycles. The predicted octanol–water partition coefficient (Wildman–Crippen LogP) is 3.27. The Morgan fingerprint density at radius 1 is 1.12 bits per heavy atom. The van der Waals surface area contributed by atoms with Crippen molar-refractivity contribution in [1.29, 1.82) is 0 Å². The van der Waals surface area contributed by atoms with Crippen LogP contribution in [0.5, 0.6) is 0 Å². The van der Waals surface area contributed by atoms with Gasteiger partial charge in [-0.3, -0.25) is 0 Å². The molecule has 3 nitrogen and oxygen atoms in total. The third-order valence-electron chi connectivity index (χ3n) is 4.05. The molecule has 0 amide bonds. The van der Waals surface area contributed by atoms with Gasteiger partial charge in [0.15, 0.2) is 5.82 Å². The summed E-state index contributed by atoms with van der Waals surface area (Å²) in [6, 6.07) is 0. The lowest BCUT2D eigenvalue weighted by Crippen LogP contribution is -2.13. The first kappa shape index (κ1) is 10.3. The fourth-order valence-electron chi connectivity index (χ4n) is 3.03. The molecule has 0 N–H and O–H groups in total. The molecule has 2 aliphatic carbocycles. The summed E-state index contributed by atoms with van der Waals surface area (Å²) in [5.41, 5.74) is 0.00180. The van der Waals surface area contributed by atoms with E-state index in [4.69, 9.17) is 4.52 Å². The lowest BCUT2D eigenvalue weighted by molar-refractivity contribution is 0.358. The summed E-state index contributed by atoms with van der Waals surface area (Å²) in [6.07, 6.45) is 5.50. The smallest absolute Gasteiger partial charge is 0.230 e. The van der Waals surface area contributed by atoms with E-state index in [-0.39, 0.29) is 5.41 Å². The SMILES string of the molecule is CC(C)(C)c1noc(C2[C@H]3CCCC[C@@H]23)n1. The van der Waals surface area contributed by atoms with Gasteiger partial charge in [-0.25, -0.2) is 0 Å². The predicted molar refractivity (Wildman–Crippen MR) is 61.2 cm³/mol. The first-order chi connectivity index (χ1) is 7.57. The van der Waals surface area contributed by atoms with Crippen LogP contribution in [0.25, 0.3) is 0 Å². The molecule has 0 bridgehead atoms. The van der Waals surface area contributed by atoms with Crippen LogP contribution in [0.4, 0.5) is 0 Å². The minimum Gasteiger partial charge on any atom is -0.339 e. The second kappa shape index (κ2) is 3.31. The van der Waals surface area contributed by atoms with Crippen LogP contribution >= 0.6 is 0 Å². The van der Waals surface area contributed by atoms with Gasteiger partial charge in [-0.2, -0.15) is 4.98 Å². The Labute approximate surface area is 96.6 Å². The lowest BCUT2D eigenvalue weighted by Gasteiger charge is -2.10. The Kier molecular flexibility index (Phi) is 2.13. The number of hydrogen-bond donors (Lipinski definition) is 0. The van der Waals surface area contributed by atoms with Crippen molar-refractivity contribution < 1.29 is 4.52 Å². The Hall–Kier alpha value is -0.860. The van der Waals surface area contributed by atoms with E-state index >= 15 is 0 Å². The van der Waals surface area contributed by atoms with Crippen LogP contribution in [0.3, 0.4) is 0 Å². The molecule has 3 heteroatoms. The maximum absolute atomic E-state index is 5.45. The topological polar surface area (TPSA) is 38.9 Å². The number of hydrogen-bond acceptors (Lipinski definition) is 3. The number of rotatable bonds is 1. The normalized spacial score (nSPS) is 33.6. The van der Waals surface area contributed by atoms with Crippen LogP contribution < -0.4 is 0 Å². The van der Waals surface area contributed by atoms with Crippen molar-refractivity contribution in [2.24, 2.45) is 11.8 Å². The molecule has 2 saturated carbocycles. The minimum absolute atomic E-state index is 0.00180. The van der Waals surface area contributed by atoms with E-state index in [1.54, 1.807) is 0 Å². The van der Waals surface area contributed by atoms with Gasteiger partial charge in [-0.15, -0.1) is 0 Å². The van der Waals surface area contributed by atoms with Crippen molar-refractivity contribution >= 4 is 0 Å². The van der Waals surface area contributed by atoms with Crippen LogP contribution in [-0.4, -0.2) is 10.1 Å². The largest absolute Gasteiger partial charge is 0.339 e. The standard InChI is InChI=1S/C13H20N2O/c1-13(2,3)12-14-11(16-15-12)10-8-6-4-5-7-9(8)10/h8-10H,4-7H2,1-3H3/t8-,9+,10?. The zero-order valence-electron chi connectivity index (χ0n) is 10.4. The lowest BCUT2D eigenvalue weighted by atomic mass is 9.96. The second-order valence-electron chi connectivity index (χ2n) is 6.34. The van der Waals surface area contributed by atoms with Gasteiger partial charge >= 0.3 is 0 Å². The Morgan fingerprint density at radius 3 is 2.25 bits per heavy atom. The van der Waals surface area contributed by atoms with Gasteiger partial charge in [0, 0.05) is 11.3 Å². The summed E-state index contributed by atoms with van der Waals surface area (Å²) >= 11 is 0. The summed E-state index contributed by atoms with van der Waals surface area (Å²) < 4.78 is 5.45. The summed E-state index contributed by atoms with van der Waals surface area (Å²) in [4.78, 5) is 4.59. The fourth-order valence-corrected chi connectivity index (χ4v) is 3.03. The molecule has 0 saturated heterocycles. The van der Waals surface area contributed by atoms with E-state index in [0.717, 1.165) is 23.6 Å². The average molecular weight is 220 g/mol. The van der Waals surface area contributed by atoms with Gasteiger partial charge in [0.2, 0.25) is 5.89 Å². The molecule has 2 aliphatic rings. The van der Waals surface area contributed by atoms with Crippen molar-refractivity contribution in [2.45, 2.75) is 57.8 Å². The Balaban J connectivity index is 1.79. The van der Waals surface area contributed by atoms with Crippen molar-refractivity contribution in [3.63, 3.8) is 0 Å². The molecule has 1 unspecified atom stereocenters. The molecule has 2 fully saturated rings. The molecular weight excluding hydrogens is 200 g/mol. The van der Waals surface area contributed by atoms with Gasteiger partial charge < -0.3 is 4.52 Å². The summed E-state index contributed by atoms with van der Waals surface area (Å²) in [5, 5.41) is 4.12. The van der Waals surface area contributed by atoms with Crippen molar-refractivity contribution in [1.82, 2.24) is 10.1 Å². The average Bonchev–Trinajstić information content (AvgIpc) is 2.72. The van der Waals surface area contributed by atoms with Crippen molar-refractivity contribution in [2.75, 3.05) is 0 Å². The first-order valence-corrected chi connectivity index (χ1v) is 6.41. The number of fused-ring (bicyclic) bond motifs is 1. The van der Waals surface area contributed by atoms with Crippen LogP contribution in [0.15, 0.2) is 4.52 Å². The Bertz CT molecular complexity index is 379. The molecule has 0 spiro atoms. The molecule has 0 aromatic carbocycles. The van der Waals surface area contributed by atoms with Crippen LogP contribution in [0.1, 0.15) is 64.1 Å². The molecule has 3 rings (SSSR count). The number of nitrogens with zero attached hydrogens (tertiary/aromatic N) is 2. The fraction of sp³-hybridized carbons (Fsp3) is 0.846. The van der Waals surface area contributed by atoms with Gasteiger partial charge in [0.1, 0.15) is 0 Å². The van der Waals surface area contributed by atoms with Crippen molar-refractivity contribution in [3.8, 4) is 0 Å². The van der Waals surface area contributed by atoms with E-state index in [1.807, 2.05) is 0 Å². The zero-order chi connectivity index (χ0) is 11.3. The second-order valence-corrected chi connectivity index (χ2v) is 6.34. The maximum atomic E-state index is 5.45. The van der Waals surface area contributed by atoms with Gasteiger partial charge in [-0.1, -0.05) is 38.8 Å². The molecule has 88 valence electrons. The van der Waals surface area contributed by atoms with E-state index in [0.29, 0.717) is 5.92 Å². The number of aromatic nitrogens is 2. The third-order valence-corrected chi connectivity index (χ3v) is 4.05. The van der Waals surface area contributed by atoms with Gasteiger partial charge in [0.05, 0.1) is 0 Å². The van der Waals surface area contributed by atoms with Crippen LogP contribution in [0.2, 0.25) is 0 Å². The monoisotopic (exact) mass is 220 g/mol. The van der Waals surface area contributed by atoms with Crippen LogP contribution in [0, 0.1) is 11.8 Å². The molecular formula is C13H20N2O.